The molecule has 1 fully saturated rings. The van der Waals surface area contributed by atoms with E-state index in [9.17, 15) is 4.79 Å². The van der Waals surface area contributed by atoms with E-state index in [2.05, 4.69) is 20.9 Å². The maximum Gasteiger partial charge on any atom is 0.251 e. The summed E-state index contributed by atoms with van der Waals surface area (Å²) < 4.78 is 0. The zero-order chi connectivity index (χ0) is 15.1. The summed E-state index contributed by atoms with van der Waals surface area (Å²) in [4.78, 5) is 15.8. The fourth-order valence-corrected chi connectivity index (χ4v) is 2.12. The van der Waals surface area contributed by atoms with Gasteiger partial charge in [-0.1, -0.05) is 12.1 Å². The van der Waals surface area contributed by atoms with Gasteiger partial charge in [0.25, 0.3) is 5.91 Å². The Balaban J connectivity index is 0.00000242. The largest absolute Gasteiger partial charge is 0.356 e. The molecule has 1 aromatic rings. The number of rotatable bonds is 6. The lowest BCUT2D eigenvalue weighted by Gasteiger charge is -2.11. The number of hydrogen-bond acceptors (Lipinski definition) is 2. The van der Waals surface area contributed by atoms with Crippen molar-refractivity contribution in [1.82, 2.24) is 16.0 Å². The maximum absolute atomic E-state index is 11.6. The molecule has 1 amide bonds. The van der Waals surface area contributed by atoms with Crippen molar-refractivity contribution in [2.75, 3.05) is 27.2 Å². The summed E-state index contributed by atoms with van der Waals surface area (Å²) in [5, 5.41) is 9.27. The van der Waals surface area contributed by atoms with E-state index >= 15 is 0 Å². The minimum atomic E-state index is -0.0493. The van der Waals surface area contributed by atoms with Crippen molar-refractivity contribution < 1.29 is 4.79 Å². The molecule has 3 N–H and O–H groups in total. The molecular weight excluding hydrogens is 391 g/mol. The van der Waals surface area contributed by atoms with E-state index in [-0.39, 0.29) is 29.9 Å². The van der Waals surface area contributed by atoms with E-state index in [0.29, 0.717) is 5.56 Å². The Morgan fingerprint density at radius 1 is 1.32 bits per heavy atom. The van der Waals surface area contributed by atoms with Gasteiger partial charge < -0.3 is 16.0 Å². The first-order valence-electron chi connectivity index (χ1n) is 7.48. The van der Waals surface area contributed by atoms with Crippen LogP contribution in [0.25, 0.3) is 0 Å². The summed E-state index contributed by atoms with van der Waals surface area (Å²) in [5.41, 5.74) is 1.84. The molecule has 0 radical (unpaired) electrons. The molecule has 0 heterocycles. The highest BCUT2D eigenvalue weighted by molar-refractivity contribution is 14.0. The smallest absolute Gasteiger partial charge is 0.251 e. The number of aliphatic imine (C=N–C) groups is 1. The van der Waals surface area contributed by atoms with Crippen molar-refractivity contribution in [3.63, 3.8) is 0 Å². The molecular formula is C16H25IN4O. The van der Waals surface area contributed by atoms with E-state index in [4.69, 9.17) is 0 Å². The van der Waals surface area contributed by atoms with Crippen molar-refractivity contribution in [1.29, 1.82) is 0 Å². The molecule has 0 unspecified atom stereocenters. The molecule has 122 valence electrons. The summed E-state index contributed by atoms with van der Waals surface area (Å²) in [7, 11) is 3.43. The average Bonchev–Trinajstić information content (AvgIpc) is 3.34. The summed E-state index contributed by atoms with van der Waals surface area (Å²) in [6, 6.07) is 7.71. The van der Waals surface area contributed by atoms with Crippen LogP contribution in [0.2, 0.25) is 0 Å². The molecule has 1 aliphatic rings. The van der Waals surface area contributed by atoms with Gasteiger partial charge in [-0.15, -0.1) is 24.0 Å². The van der Waals surface area contributed by atoms with E-state index in [1.54, 1.807) is 14.1 Å². The van der Waals surface area contributed by atoms with E-state index in [1.807, 2.05) is 24.3 Å². The number of hydrogen-bond donors (Lipinski definition) is 3. The Labute approximate surface area is 149 Å². The molecule has 0 atom stereocenters. The molecule has 5 nitrogen and oxygen atoms in total. The van der Waals surface area contributed by atoms with E-state index < -0.39 is 0 Å². The molecule has 0 aromatic heterocycles. The molecule has 0 bridgehead atoms. The van der Waals surface area contributed by atoms with Crippen LogP contribution < -0.4 is 16.0 Å². The van der Waals surface area contributed by atoms with Gasteiger partial charge in [0.05, 0.1) is 0 Å². The van der Waals surface area contributed by atoms with Gasteiger partial charge in [0.1, 0.15) is 0 Å². The Hall–Kier alpha value is -1.31. The van der Waals surface area contributed by atoms with Crippen LogP contribution in [0.15, 0.2) is 29.3 Å². The van der Waals surface area contributed by atoms with Crippen molar-refractivity contribution in [2.24, 2.45) is 10.9 Å². The van der Waals surface area contributed by atoms with Crippen LogP contribution in [0, 0.1) is 5.92 Å². The van der Waals surface area contributed by atoms with Gasteiger partial charge >= 0.3 is 0 Å². The number of nitrogens with zero attached hydrogens (tertiary/aromatic N) is 1. The Kier molecular flexibility index (Phi) is 8.22. The maximum atomic E-state index is 11.6. The predicted octanol–water partition coefficient (Wildman–Crippen LogP) is 1.78. The molecule has 6 heteroatoms. The van der Waals surface area contributed by atoms with Crippen LogP contribution in [0.4, 0.5) is 0 Å². The average molecular weight is 416 g/mol. The van der Waals surface area contributed by atoms with Crippen LogP contribution in [0.5, 0.6) is 0 Å². The zero-order valence-electron chi connectivity index (χ0n) is 13.2. The lowest BCUT2D eigenvalue weighted by molar-refractivity contribution is 0.0963. The first-order chi connectivity index (χ1) is 10.2. The highest BCUT2D eigenvalue weighted by Crippen LogP contribution is 2.27. The van der Waals surface area contributed by atoms with Gasteiger partial charge in [0, 0.05) is 32.7 Å². The third-order valence-electron chi connectivity index (χ3n) is 3.60. The molecule has 22 heavy (non-hydrogen) atoms. The van der Waals surface area contributed by atoms with E-state index in [0.717, 1.165) is 37.0 Å². The van der Waals surface area contributed by atoms with Gasteiger partial charge in [-0.25, -0.2) is 0 Å². The second-order valence-corrected chi connectivity index (χ2v) is 5.35. The number of carbonyl (C=O) groups is 1. The number of benzene rings is 1. The molecule has 0 saturated heterocycles. The number of nitrogens with one attached hydrogen (secondary N) is 3. The van der Waals surface area contributed by atoms with Gasteiger partial charge in [-0.3, -0.25) is 9.79 Å². The number of halogens is 1. The molecule has 1 saturated carbocycles. The number of carbonyl (C=O) groups excluding carboxylic acids is 1. The highest BCUT2D eigenvalue weighted by Gasteiger charge is 2.20. The first kappa shape index (κ1) is 18.7. The Morgan fingerprint density at radius 2 is 2.09 bits per heavy atom. The van der Waals surface area contributed by atoms with Crippen LogP contribution in [-0.4, -0.2) is 39.1 Å². The monoisotopic (exact) mass is 416 g/mol. The normalized spacial score (nSPS) is 14.0. The molecule has 1 aromatic carbocycles. The lowest BCUT2D eigenvalue weighted by Crippen LogP contribution is -2.39. The summed E-state index contributed by atoms with van der Waals surface area (Å²) in [6.07, 6.45) is 3.52. The zero-order valence-corrected chi connectivity index (χ0v) is 15.5. The van der Waals surface area contributed by atoms with Crippen molar-refractivity contribution in [2.45, 2.75) is 19.3 Å². The molecule has 1 aliphatic carbocycles. The number of amides is 1. The van der Waals surface area contributed by atoms with Gasteiger partial charge in [-0.05, 0) is 42.9 Å². The quantitative estimate of drug-likeness (QED) is 0.377. The third kappa shape index (κ3) is 6.21. The summed E-state index contributed by atoms with van der Waals surface area (Å²) in [5.74, 6) is 1.63. The summed E-state index contributed by atoms with van der Waals surface area (Å²) in [6.45, 7) is 1.80. The molecule has 0 spiro atoms. The predicted molar refractivity (Wildman–Crippen MR) is 101 cm³/mol. The fourth-order valence-electron chi connectivity index (χ4n) is 2.12. The minimum absolute atomic E-state index is 0. The third-order valence-corrected chi connectivity index (χ3v) is 3.60. The van der Waals surface area contributed by atoms with Crippen LogP contribution in [0.3, 0.4) is 0 Å². The second-order valence-electron chi connectivity index (χ2n) is 5.35. The topological polar surface area (TPSA) is 65.5 Å². The Morgan fingerprint density at radius 3 is 2.73 bits per heavy atom. The van der Waals surface area contributed by atoms with E-state index in [1.165, 1.54) is 12.8 Å². The SMILES string of the molecule is CN=C(NCCc1cccc(C(=O)NC)c1)NCC1CC1.I. The standard InChI is InChI=1S/C16H24N4O.HI/c1-17-15(21)14-5-3-4-12(10-14)8-9-19-16(18-2)20-11-13-6-7-13;/h3-5,10,13H,6-9,11H2,1-2H3,(H,17,21)(H2,18,19,20);1H. The Bertz CT molecular complexity index is 515. The highest BCUT2D eigenvalue weighted by atomic mass is 127. The summed E-state index contributed by atoms with van der Waals surface area (Å²) >= 11 is 0. The second kappa shape index (κ2) is 9.66. The lowest BCUT2D eigenvalue weighted by atomic mass is 10.1. The van der Waals surface area contributed by atoms with Crippen molar-refractivity contribution >= 4 is 35.8 Å². The molecule has 2 rings (SSSR count). The van der Waals surface area contributed by atoms with Crippen molar-refractivity contribution in [3.05, 3.63) is 35.4 Å². The van der Waals surface area contributed by atoms with Crippen molar-refractivity contribution in [3.8, 4) is 0 Å². The van der Waals surface area contributed by atoms with Crippen LogP contribution >= 0.6 is 24.0 Å². The number of guanidine groups is 1. The minimum Gasteiger partial charge on any atom is -0.356 e. The fraction of sp³-hybridized carbons (Fsp3) is 0.500. The van der Waals surface area contributed by atoms with Gasteiger partial charge in [0.2, 0.25) is 0 Å². The van der Waals surface area contributed by atoms with Crippen LogP contribution in [0.1, 0.15) is 28.8 Å². The first-order valence-corrected chi connectivity index (χ1v) is 7.48. The molecule has 0 aliphatic heterocycles. The van der Waals surface area contributed by atoms with Gasteiger partial charge in [-0.2, -0.15) is 0 Å². The van der Waals surface area contributed by atoms with Gasteiger partial charge in [0.15, 0.2) is 5.96 Å². The van der Waals surface area contributed by atoms with Crippen LogP contribution in [-0.2, 0) is 6.42 Å².